The fraction of sp³-hybridized carbons (Fsp3) is 1.00. The molecule has 1 unspecified atom stereocenters. The summed E-state index contributed by atoms with van der Waals surface area (Å²) in [6.45, 7) is 4.55. The Labute approximate surface area is 93.6 Å². The van der Waals surface area contributed by atoms with Gasteiger partial charge in [-0.3, -0.25) is 0 Å². The molecule has 5 nitrogen and oxygen atoms in total. The van der Waals surface area contributed by atoms with Crippen molar-refractivity contribution in [3.63, 3.8) is 0 Å². The Morgan fingerprint density at radius 3 is 2.13 bits per heavy atom. The maximum Gasteiger partial charge on any atom is 0.500 e. The molecule has 0 aliphatic rings. The second-order valence-corrected chi connectivity index (χ2v) is 6.60. The first-order chi connectivity index (χ1) is 7.14. The van der Waals surface area contributed by atoms with E-state index in [9.17, 15) is 0 Å². The fourth-order valence-electron chi connectivity index (χ4n) is 1.45. The maximum absolute atomic E-state index is 5.39. The summed E-state index contributed by atoms with van der Waals surface area (Å²) in [5.41, 5.74) is 5.39. The lowest BCUT2D eigenvalue weighted by Crippen LogP contribution is -2.45. The molecule has 0 fully saturated rings. The van der Waals surface area contributed by atoms with Crippen LogP contribution in [0, 0.1) is 5.92 Å². The van der Waals surface area contributed by atoms with Gasteiger partial charge in [0.1, 0.15) is 0 Å². The van der Waals surface area contributed by atoms with Crippen LogP contribution in [0.2, 0.25) is 6.04 Å². The zero-order valence-corrected chi connectivity index (χ0v) is 11.2. The molecule has 0 saturated heterocycles. The summed E-state index contributed by atoms with van der Waals surface area (Å²) >= 11 is 0. The molecule has 0 bridgehead atoms. The third kappa shape index (κ3) is 5.60. The smallest absolute Gasteiger partial charge is 0.377 e. The Hall–Kier alpha value is 0.0169. The van der Waals surface area contributed by atoms with Crippen LogP contribution in [0.1, 0.15) is 6.92 Å². The molecule has 0 amide bonds. The minimum Gasteiger partial charge on any atom is -0.377 e. The van der Waals surface area contributed by atoms with Crippen LogP contribution < -0.4 is 11.1 Å². The molecule has 0 heterocycles. The first-order valence-corrected chi connectivity index (χ1v) is 7.13. The normalized spacial score (nSPS) is 14.2. The average molecular weight is 236 g/mol. The van der Waals surface area contributed by atoms with Crippen LogP contribution >= 0.6 is 0 Å². The molecule has 0 saturated carbocycles. The predicted octanol–water partition coefficient (Wildman–Crippen LogP) is 0.0489. The molecular formula is C9H24N2O3Si. The second-order valence-electron chi connectivity index (χ2n) is 3.60. The topological polar surface area (TPSA) is 65.7 Å². The minimum atomic E-state index is -2.41. The van der Waals surface area contributed by atoms with Crippen LogP contribution in [0.5, 0.6) is 0 Å². The lowest BCUT2D eigenvalue weighted by molar-refractivity contribution is 0.118. The summed E-state index contributed by atoms with van der Waals surface area (Å²) in [5, 5.41) is 3.26. The standard InChI is InChI=1S/C9H24N2O3Si/c1-9(7-11-6-5-10)8-15(12-2,13-3)14-4/h9,11H,5-8,10H2,1-4H3. The van der Waals surface area contributed by atoms with Gasteiger partial charge in [-0.25, -0.2) is 0 Å². The number of nitrogens with two attached hydrogens (primary N) is 1. The van der Waals surface area contributed by atoms with Gasteiger partial charge in [-0.2, -0.15) is 0 Å². The van der Waals surface area contributed by atoms with Gasteiger partial charge in [-0.05, 0) is 12.5 Å². The number of hydrogen-bond acceptors (Lipinski definition) is 5. The van der Waals surface area contributed by atoms with E-state index >= 15 is 0 Å². The van der Waals surface area contributed by atoms with Gasteiger partial charge in [0, 0.05) is 40.5 Å². The van der Waals surface area contributed by atoms with Gasteiger partial charge < -0.3 is 24.3 Å². The summed E-state index contributed by atoms with van der Waals surface area (Å²) in [4.78, 5) is 0. The highest BCUT2D eigenvalue weighted by Gasteiger charge is 2.39. The van der Waals surface area contributed by atoms with Gasteiger partial charge in [0.2, 0.25) is 0 Å². The molecule has 0 aromatic rings. The van der Waals surface area contributed by atoms with Gasteiger partial charge in [0.15, 0.2) is 0 Å². The van der Waals surface area contributed by atoms with Crippen molar-refractivity contribution in [3.8, 4) is 0 Å². The predicted molar refractivity (Wildman–Crippen MR) is 62.7 cm³/mol. The first kappa shape index (κ1) is 15.0. The zero-order chi connectivity index (χ0) is 11.7. The minimum absolute atomic E-state index is 0.447. The summed E-state index contributed by atoms with van der Waals surface area (Å²) < 4.78 is 16.1. The van der Waals surface area contributed by atoms with E-state index in [0.29, 0.717) is 12.5 Å². The highest BCUT2D eigenvalue weighted by molar-refractivity contribution is 6.60. The third-order valence-corrected chi connectivity index (χ3v) is 5.41. The van der Waals surface area contributed by atoms with E-state index in [0.717, 1.165) is 19.1 Å². The van der Waals surface area contributed by atoms with E-state index in [1.807, 2.05) is 0 Å². The number of rotatable bonds is 9. The fourth-order valence-corrected chi connectivity index (χ4v) is 3.45. The van der Waals surface area contributed by atoms with Crippen LogP contribution in [-0.4, -0.2) is 49.8 Å². The van der Waals surface area contributed by atoms with Crippen molar-refractivity contribution in [1.29, 1.82) is 0 Å². The van der Waals surface area contributed by atoms with Crippen molar-refractivity contribution in [2.24, 2.45) is 11.7 Å². The molecular weight excluding hydrogens is 212 g/mol. The highest BCUT2D eigenvalue weighted by atomic mass is 28.4. The Balaban J connectivity index is 3.94. The monoisotopic (exact) mass is 236 g/mol. The van der Waals surface area contributed by atoms with Gasteiger partial charge in [-0.15, -0.1) is 0 Å². The second kappa shape index (κ2) is 8.20. The Morgan fingerprint density at radius 1 is 1.20 bits per heavy atom. The van der Waals surface area contributed by atoms with E-state index < -0.39 is 8.80 Å². The van der Waals surface area contributed by atoms with Crippen molar-refractivity contribution in [2.45, 2.75) is 13.0 Å². The summed E-state index contributed by atoms with van der Waals surface area (Å²) in [7, 11) is 2.50. The molecule has 6 heteroatoms. The van der Waals surface area contributed by atoms with E-state index in [2.05, 4.69) is 12.2 Å². The molecule has 3 N–H and O–H groups in total. The van der Waals surface area contributed by atoms with Crippen LogP contribution in [-0.2, 0) is 13.3 Å². The maximum atomic E-state index is 5.39. The van der Waals surface area contributed by atoms with Crippen molar-refractivity contribution in [3.05, 3.63) is 0 Å². The Morgan fingerprint density at radius 2 is 1.73 bits per heavy atom. The summed E-state index contributed by atoms with van der Waals surface area (Å²) in [6, 6.07) is 0.814. The van der Waals surface area contributed by atoms with Crippen LogP contribution in [0.3, 0.4) is 0 Å². The molecule has 0 aliphatic carbocycles. The van der Waals surface area contributed by atoms with Gasteiger partial charge in [0.05, 0.1) is 0 Å². The average Bonchev–Trinajstić information content (AvgIpc) is 2.26. The molecule has 0 aromatic carbocycles. The molecule has 1 atom stereocenters. The SMILES string of the molecule is CO[Si](CC(C)CNCCN)(OC)OC. The summed E-state index contributed by atoms with van der Waals surface area (Å²) in [5.74, 6) is 0.447. The van der Waals surface area contributed by atoms with Gasteiger partial charge in [-0.1, -0.05) is 6.92 Å². The lowest BCUT2D eigenvalue weighted by Gasteiger charge is -2.27. The Kier molecular flexibility index (Phi) is 8.21. The summed E-state index contributed by atoms with van der Waals surface area (Å²) in [6.07, 6.45) is 0. The quantitative estimate of drug-likeness (QED) is 0.437. The number of nitrogens with one attached hydrogen (secondary N) is 1. The highest BCUT2D eigenvalue weighted by Crippen LogP contribution is 2.18. The van der Waals surface area contributed by atoms with Crippen molar-refractivity contribution in [2.75, 3.05) is 41.0 Å². The largest absolute Gasteiger partial charge is 0.500 e. The lowest BCUT2D eigenvalue weighted by atomic mass is 10.2. The van der Waals surface area contributed by atoms with E-state index in [1.165, 1.54) is 0 Å². The molecule has 92 valence electrons. The molecule has 0 rings (SSSR count). The van der Waals surface area contributed by atoms with Crippen LogP contribution in [0.25, 0.3) is 0 Å². The van der Waals surface area contributed by atoms with Crippen molar-refractivity contribution >= 4 is 8.80 Å². The molecule has 0 aromatic heterocycles. The Bertz CT molecular complexity index is 148. The zero-order valence-electron chi connectivity index (χ0n) is 10.2. The van der Waals surface area contributed by atoms with Gasteiger partial charge in [0.25, 0.3) is 0 Å². The third-order valence-electron chi connectivity index (χ3n) is 2.35. The van der Waals surface area contributed by atoms with Crippen molar-refractivity contribution < 1.29 is 13.3 Å². The van der Waals surface area contributed by atoms with Crippen molar-refractivity contribution in [1.82, 2.24) is 5.32 Å². The van der Waals surface area contributed by atoms with E-state index in [-0.39, 0.29) is 0 Å². The molecule has 0 radical (unpaired) electrons. The molecule has 0 aliphatic heterocycles. The number of hydrogen-bond donors (Lipinski definition) is 2. The van der Waals surface area contributed by atoms with Crippen LogP contribution in [0.4, 0.5) is 0 Å². The van der Waals surface area contributed by atoms with Crippen LogP contribution in [0.15, 0.2) is 0 Å². The molecule has 15 heavy (non-hydrogen) atoms. The van der Waals surface area contributed by atoms with E-state index in [4.69, 9.17) is 19.0 Å². The van der Waals surface area contributed by atoms with E-state index in [1.54, 1.807) is 21.3 Å². The van der Waals surface area contributed by atoms with Gasteiger partial charge >= 0.3 is 8.80 Å². The molecule has 0 spiro atoms. The first-order valence-electron chi connectivity index (χ1n) is 5.20.